The van der Waals surface area contributed by atoms with Crippen LogP contribution in [0.1, 0.15) is 11.3 Å². The zero-order chi connectivity index (χ0) is 19.7. The van der Waals surface area contributed by atoms with Crippen LogP contribution >= 0.6 is 0 Å². The monoisotopic (exact) mass is 391 g/mol. The van der Waals surface area contributed by atoms with Crippen molar-refractivity contribution in [2.75, 3.05) is 0 Å². The molecular formula is C22H17NO4S. The highest BCUT2D eigenvalue weighted by Gasteiger charge is 2.17. The Kier molecular flexibility index (Phi) is 4.79. The van der Waals surface area contributed by atoms with Crippen molar-refractivity contribution in [1.29, 1.82) is 0 Å². The van der Waals surface area contributed by atoms with E-state index in [0.717, 1.165) is 5.56 Å². The van der Waals surface area contributed by atoms with Crippen molar-refractivity contribution in [1.82, 2.24) is 4.57 Å². The van der Waals surface area contributed by atoms with Gasteiger partial charge in [-0.3, -0.25) is 4.79 Å². The lowest BCUT2D eigenvalue weighted by molar-refractivity contribution is 0.538. The number of fused-ring (bicyclic) bond motifs is 1. The van der Waals surface area contributed by atoms with Crippen molar-refractivity contribution in [2.45, 2.75) is 23.3 Å². The number of aromatic nitrogens is 1. The normalized spacial score (nSPS) is 12.2. The molecule has 0 saturated carbocycles. The van der Waals surface area contributed by atoms with Gasteiger partial charge in [0, 0.05) is 16.7 Å². The van der Waals surface area contributed by atoms with E-state index in [4.69, 9.17) is 4.42 Å². The van der Waals surface area contributed by atoms with E-state index < -0.39 is 16.4 Å². The molecule has 0 aliphatic rings. The lowest BCUT2D eigenvalue weighted by Gasteiger charge is -2.11. The van der Waals surface area contributed by atoms with E-state index in [9.17, 15) is 13.8 Å². The van der Waals surface area contributed by atoms with E-state index in [2.05, 4.69) is 0 Å². The van der Waals surface area contributed by atoms with Crippen LogP contribution < -0.4 is 11.2 Å². The summed E-state index contributed by atoms with van der Waals surface area (Å²) in [7, 11) is -1.73. The van der Waals surface area contributed by atoms with Gasteiger partial charge in [-0.05, 0) is 30.7 Å². The molecule has 0 aliphatic heterocycles. The zero-order valence-corrected chi connectivity index (χ0v) is 15.9. The van der Waals surface area contributed by atoms with Crippen LogP contribution in [-0.4, -0.2) is 8.78 Å². The Morgan fingerprint density at radius 2 is 1.57 bits per heavy atom. The Balaban J connectivity index is 1.87. The SMILES string of the molecule is Cc1cc2oc(=O)c(S(=O)c3ccccc3)cc2c(=O)n1Cc1ccccc1. The molecule has 1 unspecified atom stereocenters. The third kappa shape index (κ3) is 3.34. The quantitative estimate of drug-likeness (QED) is 0.534. The number of aryl methyl sites for hydroxylation is 1. The summed E-state index contributed by atoms with van der Waals surface area (Å²) in [6.07, 6.45) is 0. The van der Waals surface area contributed by atoms with Gasteiger partial charge in [-0.15, -0.1) is 0 Å². The second-order valence-corrected chi connectivity index (χ2v) is 7.87. The van der Waals surface area contributed by atoms with Crippen molar-refractivity contribution >= 4 is 21.8 Å². The van der Waals surface area contributed by atoms with Crippen molar-refractivity contribution in [3.63, 3.8) is 0 Å². The molecule has 5 nitrogen and oxygen atoms in total. The fraction of sp³-hybridized carbons (Fsp3) is 0.0909. The molecule has 4 rings (SSSR count). The topological polar surface area (TPSA) is 69.3 Å². The molecule has 28 heavy (non-hydrogen) atoms. The Labute approximate surface area is 163 Å². The number of hydrogen-bond donors (Lipinski definition) is 0. The van der Waals surface area contributed by atoms with Crippen molar-refractivity contribution < 1.29 is 8.63 Å². The van der Waals surface area contributed by atoms with E-state index in [1.54, 1.807) is 47.9 Å². The summed E-state index contributed by atoms with van der Waals surface area (Å²) < 4.78 is 19.8. The Hall–Kier alpha value is -3.25. The van der Waals surface area contributed by atoms with Gasteiger partial charge in [0.05, 0.1) is 22.7 Å². The minimum absolute atomic E-state index is 0.0362. The molecule has 2 aromatic carbocycles. The summed E-state index contributed by atoms with van der Waals surface area (Å²) in [5.41, 5.74) is 0.882. The molecule has 0 fully saturated rings. The number of benzene rings is 2. The van der Waals surface area contributed by atoms with Crippen LogP contribution in [0.25, 0.3) is 11.0 Å². The number of nitrogens with zero attached hydrogens (tertiary/aromatic N) is 1. The molecular weight excluding hydrogens is 374 g/mol. The highest BCUT2D eigenvalue weighted by molar-refractivity contribution is 7.85. The second kappa shape index (κ2) is 7.40. The molecule has 4 aromatic rings. The highest BCUT2D eigenvalue weighted by atomic mass is 32.2. The van der Waals surface area contributed by atoms with Crippen LogP contribution in [0.3, 0.4) is 0 Å². The molecule has 0 saturated heterocycles. The second-order valence-electron chi connectivity index (χ2n) is 6.42. The first-order chi connectivity index (χ1) is 13.5. The van der Waals surface area contributed by atoms with Crippen LogP contribution in [0.5, 0.6) is 0 Å². The lowest BCUT2D eigenvalue weighted by Crippen LogP contribution is -2.24. The summed E-state index contributed by atoms with van der Waals surface area (Å²) in [5.74, 6) is 0. The molecule has 2 heterocycles. The van der Waals surface area contributed by atoms with Crippen LogP contribution in [0.4, 0.5) is 0 Å². The van der Waals surface area contributed by atoms with Crippen LogP contribution in [0.15, 0.2) is 96.6 Å². The third-order valence-corrected chi connectivity index (χ3v) is 5.91. The summed E-state index contributed by atoms with van der Waals surface area (Å²) in [5, 5.41) is 0.236. The molecule has 1 atom stereocenters. The molecule has 0 N–H and O–H groups in total. The fourth-order valence-corrected chi connectivity index (χ4v) is 4.15. The smallest absolute Gasteiger partial charge is 0.353 e. The van der Waals surface area contributed by atoms with Gasteiger partial charge in [-0.25, -0.2) is 9.00 Å². The molecule has 2 aromatic heterocycles. The number of rotatable bonds is 4. The summed E-state index contributed by atoms with van der Waals surface area (Å²) >= 11 is 0. The zero-order valence-electron chi connectivity index (χ0n) is 15.1. The first kappa shape index (κ1) is 18.1. The maximum atomic E-state index is 13.1. The van der Waals surface area contributed by atoms with Crippen molar-refractivity contribution in [2.24, 2.45) is 0 Å². The van der Waals surface area contributed by atoms with Crippen LogP contribution in [0.2, 0.25) is 0 Å². The number of hydrogen-bond acceptors (Lipinski definition) is 4. The maximum absolute atomic E-state index is 13.1. The van der Waals surface area contributed by atoms with E-state index in [1.165, 1.54) is 6.07 Å². The van der Waals surface area contributed by atoms with Gasteiger partial charge < -0.3 is 8.98 Å². The highest BCUT2D eigenvalue weighted by Crippen LogP contribution is 2.18. The average molecular weight is 391 g/mol. The van der Waals surface area contributed by atoms with Crippen molar-refractivity contribution in [3.8, 4) is 0 Å². The summed E-state index contributed by atoms with van der Waals surface area (Å²) in [6, 6.07) is 21.3. The Bertz CT molecular complexity index is 1290. The first-order valence-corrected chi connectivity index (χ1v) is 9.88. The molecule has 0 bridgehead atoms. The van der Waals surface area contributed by atoms with E-state index in [-0.39, 0.29) is 21.4 Å². The largest absolute Gasteiger partial charge is 0.422 e. The van der Waals surface area contributed by atoms with Gasteiger partial charge in [0.1, 0.15) is 10.5 Å². The summed E-state index contributed by atoms with van der Waals surface area (Å²) in [6.45, 7) is 2.19. The van der Waals surface area contributed by atoms with Gasteiger partial charge in [-0.2, -0.15) is 0 Å². The molecule has 0 spiro atoms. The molecule has 0 radical (unpaired) electrons. The molecule has 6 heteroatoms. The van der Waals surface area contributed by atoms with E-state index >= 15 is 0 Å². The maximum Gasteiger partial charge on any atom is 0.353 e. The standard InChI is InChI=1S/C22H17NO4S/c1-15-12-19-18(21(24)23(15)14-16-8-4-2-5-9-16)13-20(22(25)27-19)28(26)17-10-6-3-7-11-17/h2-13H,14H2,1H3. The Morgan fingerprint density at radius 1 is 0.929 bits per heavy atom. The third-order valence-electron chi connectivity index (χ3n) is 4.53. The van der Waals surface area contributed by atoms with Crippen molar-refractivity contribution in [3.05, 3.63) is 105 Å². The van der Waals surface area contributed by atoms with Gasteiger partial charge in [0.15, 0.2) is 0 Å². The van der Waals surface area contributed by atoms with Gasteiger partial charge in [0.2, 0.25) is 0 Å². The van der Waals surface area contributed by atoms with Gasteiger partial charge in [0.25, 0.3) is 5.56 Å². The minimum Gasteiger partial charge on any atom is -0.422 e. The fourth-order valence-electron chi connectivity index (χ4n) is 3.08. The average Bonchev–Trinajstić information content (AvgIpc) is 2.72. The predicted molar refractivity (Wildman–Crippen MR) is 108 cm³/mol. The minimum atomic E-state index is -1.73. The van der Waals surface area contributed by atoms with Crippen LogP contribution in [0, 0.1) is 6.92 Å². The molecule has 0 amide bonds. The lowest BCUT2D eigenvalue weighted by atomic mass is 10.2. The number of pyridine rings is 1. The van der Waals surface area contributed by atoms with Gasteiger partial charge in [-0.1, -0.05) is 48.5 Å². The molecule has 0 aliphatic carbocycles. The van der Waals surface area contributed by atoms with Crippen LogP contribution in [-0.2, 0) is 17.3 Å². The van der Waals surface area contributed by atoms with E-state index in [1.807, 2.05) is 30.3 Å². The Morgan fingerprint density at radius 3 is 2.25 bits per heavy atom. The first-order valence-electron chi connectivity index (χ1n) is 8.73. The van der Waals surface area contributed by atoms with E-state index in [0.29, 0.717) is 17.1 Å². The summed E-state index contributed by atoms with van der Waals surface area (Å²) in [4.78, 5) is 25.9. The predicted octanol–water partition coefficient (Wildman–Crippen LogP) is 3.48. The molecule has 140 valence electrons. The van der Waals surface area contributed by atoms with Gasteiger partial charge >= 0.3 is 5.63 Å².